The van der Waals surface area contributed by atoms with E-state index in [-0.39, 0.29) is 16.5 Å². The summed E-state index contributed by atoms with van der Waals surface area (Å²) in [6.07, 6.45) is 1.81. The fourth-order valence-corrected chi connectivity index (χ4v) is 9.13. The molecule has 0 aliphatic carbocycles. The Bertz CT molecular complexity index is 3100. The zero-order chi connectivity index (χ0) is 43.7. The molecule has 7 aromatic carbocycles. The number of pyridine rings is 1. The Labute approximate surface area is 368 Å². The summed E-state index contributed by atoms with van der Waals surface area (Å²) in [6.45, 7) is 13.2. The minimum Gasteiger partial charge on any atom is -0.321 e. The molecule has 0 N–H and O–H groups in total. The number of rotatable bonds is 7. The molecule has 0 fully saturated rings. The number of hydrogen-bond donors (Lipinski definition) is 0. The maximum absolute atomic E-state index is 17.7. The van der Waals surface area contributed by atoms with Crippen LogP contribution in [0.4, 0.5) is 31.5 Å². The number of halogens is 2. The van der Waals surface area contributed by atoms with E-state index in [2.05, 4.69) is 154 Å². The van der Waals surface area contributed by atoms with Crippen LogP contribution in [0.2, 0.25) is 0 Å². The summed E-state index contributed by atoms with van der Waals surface area (Å²) >= 11 is 0. The Balaban J connectivity index is 1.12. The summed E-state index contributed by atoms with van der Waals surface area (Å²) in [5.41, 5.74) is 11.0. The van der Waals surface area contributed by atoms with Gasteiger partial charge in [-0.1, -0.05) is 163 Å². The average molecular weight is 829 g/mol. The van der Waals surface area contributed by atoms with Gasteiger partial charge in [0.15, 0.2) is 0 Å². The third-order valence-corrected chi connectivity index (χ3v) is 12.6. The average Bonchev–Trinajstić information content (AvgIpc) is 3.85. The maximum Gasteiger partial charge on any atom is 0.298 e. The lowest BCUT2D eigenvalue weighted by atomic mass is 9.84. The van der Waals surface area contributed by atoms with Crippen molar-refractivity contribution in [3.63, 3.8) is 0 Å². The van der Waals surface area contributed by atoms with Crippen LogP contribution in [-0.4, -0.2) is 16.2 Å². The molecule has 6 heteroatoms. The van der Waals surface area contributed by atoms with Crippen LogP contribution >= 0.6 is 0 Å². The molecule has 1 aliphatic heterocycles. The molecule has 4 nitrogen and oxygen atoms in total. The molecular formula is C57H50F2N4. The summed E-state index contributed by atoms with van der Waals surface area (Å²) in [5, 5.41) is 1.89. The Hall–Kier alpha value is -7.05. The third kappa shape index (κ3) is 7.04. The standard InChI is InChI=1S/C57H50F2N4/c1-55(2,3)40-30-31-60-53(36-40)63-49-25-14-13-22-47(49)48-29-28-41(35-52(48)63)57(58,59)43-32-42(56(4,5)6)33-44(34-43)61-37-62(51-27-16-15-26-50(51)61)54-45(38-18-9-7-10-19-38)23-17-24-46(54)39-20-11-8-12-21-39/h7-36H,37H2,1-6H3. The summed E-state index contributed by atoms with van der Waals surface area (Å²) in [6, 6.07) is 58.5. The summed E-state index contributed by atoms with van der Waals surface area (Å²) in [5.74, 6) is -2.64. The molecule has 63 heavy (non-hydrogen) atoms. The first-order chi connectivity index (χ1) is 30.3. The van der Waals surface area contributed by atoms with Gasteiger partial charge in [-0.15, -0.1) is 0 Å². The molecule has 3 heterocycles. The first-order valence-electron chi connectivity index (χ1n) is 21.7. The number of alkyl halides is 2. The zero-order valence-electron chi connectivity index (χ0n) is 36.6. The van der Waals surface area contributed by atoms with Crippen LogP contribution in [0, 0.1) is 0 Å². The van der Waals surface area contributed by atoms with Crippen molar-refractivity contribution >= 4 is 44.6 Å². The molecule has 0 unspecified atom stereocenters. The molecule has 0 atom stereocenters. The van der Waals surface area contributed by atoms with Crippen LogP contribution in [-0.2, 0) is 16.8 Å². The Morgan fingerprint density at radius 2 is 1.03 bits per heavy atom. The van der Waals surface area contributed by atoms with Gasteiger partial charge < -0.3 is 9.80 Å². The fourth-order valence-electron chi connectivity index (χ4n) is 9.13. The molecule has 1 aliphatic rings. The number of para-hydroxylation sites is 4. The lowest BCUT2D eigenvalue weighted by Gasteiger charge is -2.29. The molecule has 2 aromatic heterocycles. The van der Waals surface area contributed by atoms with Crippen molar-refractivity contribution in [2.75, 3.05) is 16.5 Å². The van der Waals surface area contributed by atoms with Gasteiger partial charge in [0.05, 0.1) is 28.1 Å². The van der Waals surface area contributed by atoms with Crippen molar-refractivity contribution in [1.82, 2.24) is 9.55 Å². The second-order valence-corrected chi connectivity index (χ2v) is 18.8. The van der Waals surface area contributed by atoms with E-state index < -0.39 is 11.3 Å². The molecule has 0 saturated carbocycles. The van der Waals surface area contributed by atoms with Crippen LogP contribution in [0.25, 0.3) is 49.9 Å². The first-order valence-corrected chi connectivity index (χ1v) is 21.7. The highest BCUT2D eigenvalue weighted by Crippen LogP contribution is 2.51. The van der Waals surface area contributed by atoms with Gasteiger partial charge in [0.1, 0.15) is 12.5 Å². The van der Waals surface area contributed by atoms with E-state index in [1.165, 1.54) is 0 Å². The Kier molecular flexibility index (Phi) is 9.59. The van der Waals surface area contributed by atoms with Crippen molar-refractivity contribution in [2.24, 2.45) is 0 Å². The number of nitrogens with zero attached hydrogens (tertiary/aromatic N) is 4. The van der Waals surface area contributed by atoms with Gasteiger partial charge in [-0.05, 0) is 87.7 Å². The lowest BCUT2D eigenvalue weighted by Crippen LogP contribution is -2.26. The van der Waals surface area contributed by atoms with Crippen molar-refractivity contribution in [1.29, 1.82) is 0 Å². The normalized spacial score (nSPS) is 13.3. The summed E-state index contributed by atoms with van der Waals surface area (Å²) in [4.78, 5) is 9.33. The van der Waals surface area contributed by atoms with Crippen LogP contribution in [0.5, 0.6) is 0 Å². The van der Waals surface area contributed by atoms with Crippen molar-refractivity contribution < 1.29 is 8.78 Å². The largest absolute Gasteiger partial charge is 0.321 e. The highest BCUT2D eigenvalue weighted by Gasteiger charge is 2.38. The number of aromatic nitrogens is 2. The highest BCUT2D eigenvalue weighted by atomic mass is 19.3. The van der Waals surface area contributed by atoms with Crippen molar-refractivity contribution in [3.05, 3.63) is 204 Å². The van der Waals surface area contributed by atoms with Crippen molar-refractivity contribution in [2.45, 2.75) is 58.3 Å². The van der Waals surface area contributed by atoms with Crippen LogP contribution in [0.3, 0.4) is 0 Å². The Morgan fingerprint density at radius 3 is 1.68 bits per heavy atom. The zero-order valence-corrected chi connectivity index (χ0v) is 36.6. The molecule has 10 rings (SSSR count). The van der Waals surface area contributed by atoms with E-state index in [1.54, 1.807) is 24.3 Å². The number of hydrogen-bond acceptors (Lipinski definition) is 3. The quantitative estimate of drug-likeness (QED) is 0.160. The lowest BCUT2D eigenvalue weighted by molar-refractivity contribution is 0.0428. The van der Waals surface area contributed by atoms with E-state index >= 15 is 8.78 Å². The topological polar surface area (TPSA) is 24.3 Å². The Morgan fingerprint density at radius 1 is 0.460 bits per heavy atom. The second kappa shape index (κ2) is 15.1. The van der Waals surface area contributed by atoms with Gasteiger partial charge >= 0.3 is 0 Å². The predicted octanol–water partition coefficient (Wildman–Crippen LogP) is 15.5. The maximum atomic E-state index is 17.7. The number of fused-ring (bicyclic) bond motifs is 4. The van der Waals surface area contributed by atoms with Gasteiger partial charge in [0, 0.05) is 44.9 Å². The molecule has 0 radical (unpaired) electrons. The van der Waals surface area contributed by atoms with Crippen molar-refractivity contribution in [3.8, 4) is 28.1 Å². The predicted molar refractivity (Wildman–Crippen MR) is 258 cm³/mol. The SMILES string of the molecule is CC(C)(C)c1cc(N2CN(c3c(-c4ccccc4)cccc3-c3ccccc3)c3ccccc32)cc(C(F)(F)c2ccc3c4ccccc4n(-c4cc(C(C)(C)C)ccn4)c3c2)c1. The molecular weight excluding hydrogens is 779 g/mol. The number of anilines is 4. The second-order valence-electron chi connectivity index (χ2n) is 18.8. The van der Waals surface area contributed by atoms with Crippen LogP contribution in [0.1, 0.15) is 63.8 Å². The van der Waals surface area contributed by atoms with E-state index in [4.69, 9.17) is 4.98 Å². The third-order valence-electron chi connectivity index (χ3n) is 12.6. The minimum absolute atomic E-state index is 0.0506. The van der Waals surface area contributed by atoms with Crippen LogP contribution < -0.4 is 9.80 Å². The molecule has 0 bridgehead atoms. The molecule has 0 amide bonds. The first kappa shape index (κ1) is 40.0. The van der Waals surface area contributed by atoms with E-state index in [0.29, 0.717) is 23.7 Å². The van der Waals surface area contributed by atoms with E-state index in [0.717, 1.165) is 66.7 Å². The number of benzene rings is 7. The van der Waals surface area contributed by atoms with Gasteiger partial charge in [-0.3, -0.25) is 4.57 Å². The van der Waals surface area contributed by atoms with E-state index in [1.807, 2.05) is 59.3 Å². The smallest absolute Gasteiger partial charge is 0.298 e. The highest BCUT2D eigenvalue weighted by molar-refractivity contribution is 6.09. The molecule has 0 spiro atoms. The van der Waals surface area contributed by atoms with E-state index in [9.17, 15) is 0 Å². The van der Waals surface area contributed by atoms with Gasteiger partial charge in [0.2, 0.25) is 0 Å². The van der Waals surface area contributed by atoms with Crippen LogP contribution in [0.15, 0.2) is 182 Å². The molecule has 0 saturated heterocycles. The fraction of sp³-hybridized carbons (Fsp3) is 0.175. The monoisotopic (exact) mass is 828 g/mol. The van der Waals surface area contributed by atoms with Gasteiger partial charge in [-0.2, -0.15) is 8.78 Å². The molecule has 9 aromatic rings. The minimum atomic E-state index is -3.34. The summed E-state index contributed by atoms with van der Waals surface area (Å²) < 4.78 is 37.5. The molecule has 312 valence electrons. The van der Waals surface area contributed by atoms with Gasteiger partial charge in [0.25, 0.3) is 5.92 Å². The summed E-state index contributed by atoms with van der Waals surface area (Å²) in [7, 11) is 0. The van der Waals surface area contributed by atoms with Gasteiger partial charge in [-0.25, -0.2) is 4.98 Å².